The molecule has 0 atom stereocenters. The van der Waals surface area contributed by atoms with Gasteiger partial charge in [0.15, 0.2) is 0 Å². The molecule has 0 fully saturated rings. The summed E-state index contributed by atoms with van der Waals surface area (Å²) < 4.78 is 49.8. The van der Waals surface area contributed by atoms with Crippen LogP contribution in [0.4, 0.5) is 17.6 Å². The number of alkyl halides is 3. The summed E-state index contributed by atoms with van der Waals surface area (Å²) >= 11 is 0. The lowest BCUT2D eigenvalue weighted by Gasteiger charge is -2.15. The molecule has 0 aliphatic rings. The van der Waals surface area contributed by atoms with Gasteiger partial charge >= 0.3 is 6.18 Å². The molecule has 0 heterocycles. The Morgan fingerprint density at radius 1 is 1.29 bits per heavy atom. The van der Waals surface area contributed by atoms with E-state index in [-0.39, 0.29) is 12.1 Å². The van der Waals surface area contributed by atoms with Gasteiger partial charge in [-0.1, -0.05) is 12.1 Å². The Labute approximate surface area is 78.7 Å². The van der Waals surface area contributed by atoms with Gasteiger partial charge in [0.05, 0.1) is 5.56 Å². The Bertz CT molecular complexity index is 319. The van der Waals surface area contributed by atoms with Crippen molar-refractivity contribution in [3.63, 3.8) is 0 Å². The van der Waals surface area contributed by atoms with Crippen molar-refractivity contribution in [3.05, 3.63) is 40.5 Å². The minimum absolute atomic E-state index is 0.0395. The number of halogens is 4. The highest BCUT2D eigenvalue weighted by molar-refractivity contribution is 5.29. The SMILES string of the molecule is C[N-]Cc1cccc(C(F)(F)F)c1F. The fourth-order valence-electron chi connectivity index (χ4n) is 1.09. The molecule has 14 heavy (non-hydrogen) atoms. The van der Waals surface area contributed by atoms with E-state index in [4.69, 9.17) is 0 Å². The summed E-state index contributed by atoms with van der Waals surface area (Å²) in [6, 6.07) is 3.18. The monoisotopic (exact) mass is 206 g/mol. The van der Waals surface area contributed by atoms with Crippen LogP contribution in [0.15, 0.2) is 18.2 Å². The minimum atomic E-state index is -4.65. The van der Waals surface area contributed by atoms with Gasteiger partial charge in [0.2, 0.25) is 0 Å². The van der Waals surface area contributed by atoms with Crippen molar-refractivity contribution in [3.8, 4) is 0 Å². The highest BCUT2D eigenvalue weighted by Crippen LogP contribution is 2.32. The lowest BCUT2D eigenvalue weighted by atomic mass is 10.1. The normalized spacial score (nSPS) is 11.8. The van der Waals surface area contributed by atoms with Crippen LogP contribution >= 0.6 is 0 Å². The second kappa shape index (κ2) is 3.96. The first-order valence-electron chi connectivity index (χ1n) is 3.87. The molecule has 0 bridgehead atoms. The van der Waals surface area contributed by atoms with Crippen LogP contribution in [-0.2, 0) is 12.7 Å². The zero-order valence-electron chi connectivity index (χ0n) is 7.40. The Morgan fingerprint density at radius 3 is 2.43 bits per heavy atom. The molecule has 0 radical (unpaired) electrons. The molecule has 0 unspecified atom stereocenters. The summed E-state index contributed by atoms with van der Waals surface area (Å²) in [7, 11) is 1.42. The fraction of sp³-hybridized carbons (Fsp3) is 0.333. The first kappa shape index (κ1) is 11.0. The molecule has 0 aliphatic carbocycles. The van der Waals surface area contributed by atoms with Gasteiger partial charge in [0, 0.05) is 0 Å². The molecule has 0 spiro atoms. The molecule has 1 aromatic carbocycles. The summed E-state index contributed by atoms with van der Waals surface area (Å²) in [5.74, 6) is -1.23. The number of benzene rings is 1. The van der Waals surface area contributed by atoms with Gasteiger partial charge in [-0.05, 0) is 11.6 Å². The molecule has 0 saturated carbocycles. The summed E-state index contributed by atoms with van der Waals surface area (Å²) in [6.07, 6.45) is -4.65. The van der Waals surface area contributed by atoms with Gasteiger partial charge in [-0.25, -0.2) is 4.39 Å². The van der Waals surface area contributed by atoms with E-state index in [1.165, 1.54) is 19.2 Å². The largest absolute Gasteiger partial charge is 0.661 e. The Kier molecular flexibility index (Phi) is 3.10. The van der Waals surface area contributed by atoms with Gasteiger partial charge in [-0.15, -0.1) is 6.54 Å². The Balaban J connectivity index is 3.14. The number of hydrogen-bond donors (Lipinski definition) is 0. The quantitative estimate of drug-likeness (QED) is 0.659. The lowest BCUT2D eigenvalue weighted by Crippen LogP contribution is -2.09. The van der Waals surface area contributed by atoms with Gasteiger partial charge in [0.1, 0.15) is 5.82 Å². The predicted molar refractivity (Wildman–Crippen MR) is 44.4 cm³/mol. The van der Waals surface area contributed by atoms with Crippen molar-refractivity contribution in [2.24, 2.45) is 0 Å². The van der Waals surface area contributed by atoms with E-state index in [2.05, 4.69) is 5.32 Å². The lowest BCUT2D eigenvalue weighted by molar-refractivity contribution is -0.140. The summed E-state index contributed by atoms with van der Waals surface area (Å²) in [4.78, 5) is 0. The van der Waals surface area contributed by atoms with Crippen molar-refractivity contribution in [1.29, 1.82) is 0 Å². The standard InChI is InChI=1S/C9H8F4N/c1-14-5-6-3-2-4-7(8(6)10)9(11,12)13/h2-4H,5H2,1H3/q-1. The third-order valence-corrected chi connectivity index (χ3v) is 1.71. The number of nitrogens with zero attached hydrogens (tertiary/aromatic N) is 1. The molecular weight excluding hydrogens is 198 g/mol. The van der Waals surface area contributed by atoms with Crippen LogP contribution in [0.5, 0.6) is 0 Å². The molecule has 0 saturated heterocycles. The first-order chi connectivity index (χ1) is 6.46. The van der Waals surface area contributed by atoms with Gasteiger partial charge in [-0.3, -0.25) is 0 Å². The highest BCUT2D eigenvalue weighted by Gasteiger charge is 2.34. The second-order valence-electron chi connectivity index (χ2n) is 2.75. The van der Waals surface area contributed by atoms with Crippen molar-refractivity contribution in [1.82, 2.24) is 0 Å². The van der Waals surface area contributed by atoms with E-state index in [0.29, 0.717) is 6.07 Å². The van der Waals surface area contributed by atoms with E-state index in [0.717, 1.165) is 0 Å². The van der Waals surface area contributed by atoms with Crippen molar-refractivity contribution in [2.75, 3.05) is 7.05 Å². The van der Waals surface area contributed by atoms with Crippen LogP contribution in [0.3, 0.4) is 0 Å². The van der Waals surface area contributed by atoms with Gasteiger partial charge in [-0.2, -0.15) is 20.2 Å². The van der Waals surface area contributed by atoms with Crippen LogP contribution in [0.25, 0.3) is 5.32 Å². The molecule has 0 N–H and O–H groups in total. The average molecular weight is 206 g/mol. The van der Waals surface area contributed by atoms with Crippen molar-refractivity contribution in [2.45, 2.75) is 12.7 Å². The summed E-state index contributed by atoms with van der Waals surface area (Å²) in [5.41, 5.74) is -1.28. The topological polar surface area (TPSA) is 14.1 Å². The smallest absolute Gasteiger partial charge is 0.419 e. The zero-order chi connectivity index (χ0) is 10.8. The maximum absolute atomic E-state index is 13.2. The van der Waals surface area contributed by atoms with Crippen LogP contribution in [-0.4, -0.2) is 7.05 Å². The zero-order valence-corrected chi connectivity index (χ0v) is 7.40. The maximum Gasteiger partial charge on any atom is 0.419 e. The third-order valence-electron chi connectivity index (χ3n) is 1.71. The third kappa shape index (κ3) is 2.23. The molecular formula is C9H8F4N-. The predicted octanol–water partition coefficient (Wildman–Crippen LogP) is 3.35. The van der Waals surface area contributed by atoms with Crippen LogP contribution < -0.4 is 0 Å². The van der Waals surface area contributed by atoms with E-state index >= 15 is 0 Å². The molecule has 5 heteroatoms. The van der Waals surface area contributed by atoms with E-state index in [1.807, 2.05) is 0 Å². The van der Waals surface area contributed by atoms with Crippen molar-refractivity contribution >= 4 is 0 Å². The molecule has 1 nitrogen and oxygen atoms in total. The van der Waals surface area contributed by atoms with Gasteiger partial charge < -0.3 is 5.32 Å². The molecule has 1 aromatic rings. The van der Waals surface area contributed by atoms with Crippen LogP contribution in [0, 0.1) is 5.82 Å². The van der Waals surface area contributed by atoms with E-state index in [1.54, 1.807) is 0 Å². The highest BCUT2D eigenvalue weighted by atomic mass is 19.4. The number of rotatable bonds is 2. The summed E-state index contributed by atoms with van der Waals surface area (Å²) in [5, 5.41) is 3.58. The maximum atomic E-state index is 13.2. The Morgan fingerprint density at radius 2 is 1.93 bits per heavy atom. The first-order valence-corrected chi connectivity index (χ1v) is 3.87. The fourth-order valence-corrected chi connectivity index (χ4v) is 1.09. The number of hydrogen-bond acceptors (Lipinski definition) is 0. The van der Waals surface area contributed by atoms with E-state index in [9.17, 15) is 17.6 Å². The van der Waals surface area contributed by atoms with Crippen LogP contribution in [0.2, 0.25) is 0 Å². The molecule has 0 aliphatic heterocycles. The van der Waals surface area contributed by atoms with Crippen LogP contribution in [0.1, 0.15) is 11.1 Å². The molecule has 78 valence electrons. The van der Waals surface area contributed by atoms with Gasteiger partial charge in [0.25, 0.3) is 0 Å². The average Bonchev–Trinajstić information content (AvgIpc) is 2.07. The van der Waals surface area contributed by atoms with Crippen molar-refractivity contribution < 1.29 is 17.6 Å². The Hall–Kier alpha value is -1.10. The minimum Gasteiger partial charge on any atom is -0.661 e. The van der Waals surface area contributed by atoms with E-state index < -0.39 is 17.6 Å². The summed E-state index contributed by atoms with van der Waals surface area (Å²) in [6.45, 7) is -0.0459. The molecule has 0 aromatic heterocycles. The molecule has 0 amide bonds. The second-order valence-corrected chi connectivity index (χ2v) is 2.75. The molecule has 1 rings (SSSR count).